The van der Waals surface area contributed by atoms with E-state index < -0.39 is 10.0 Å². The first kappa shape index (κ1) is 17.3. The van der Waals surface area contributed by atoms with E-state index in [0.717, 1.165) is 5.69 Å². The molecule has 0 aliphatic carbocycles. The molecular formula is C16H20N6O2S. The molecule has 3 heterocycles. The smallest absolute Gasteiger partial charge is 0.259 e. The highest BCUT2D eigenvalue weighted by Gasteiger charge is 2.17. The molecule has 0 atom stereocenters. The molecule has 0 fully saturated rings. The van der Waals surface area contributed by atoms with Gasteiger partial charge < -0.3 is 9.13 Å². The lowest BCUT2D eigenvalue weighted by molar-refractivity contribution is 0.568. The van der Waals surface area contributed by atoms with Crippen LogP contribution >= 0.6 is 0 Å². The lowest BCUT2D eigenvalue weighted by Gasteiger charge is -2.08. The SMILES string of the molecule is CC(C)n1cnc(S(=O)(=O)NCCn2ccnc2-c2ccccn2)c1. The highest BCUT2D eigenvalue weighted by Crippen LogP contribution is 2.14. The third kappa shape index (κ3) is 3.94. The number of rotatable bonds is 7. The maximum absolute atomic E-state index is 12.3. The van der Waals surface area contributed by atoms with Crippen molar-refractivity contribution in [2.24, 2.45) is 0 Å². The zero-order valence-electron chi connectivity index (χ0n) is 14.1. The van der Waals surface area contributed by atoms with E-state index >= 15 is 0 Å². The molecule has 0 radical (unpaired) electrons. The van der Waals surface area contributed by atoms with Crippen LogP contribution in [-0.4, -0.2) is 39.0 Å². The summed E-state index contributed by atoms with van der Waals surface area (Å²) in [5.41, 5.74) is 0.742. The fraction of sp³-hybridized carbons (Fsp3) is 0.312. The minimum absolute atomic E-state index is 0.0248. The lowest BCUT2D eigenvalue weighted by atomic mass is 10.3. The van der Waals surface area contributed by atoms with E-state index in [1.54, 1.807) is 23.2 Å². The van der Waals surface area contributed by atoms with Crippen LogP contribution in [0.5, 0.6) is 0 Å². The molecule has 0 saturated carbocycles. The Morgan fingerprint density at radius 3 is 2.68 bits per heavy atom. The number of nitrogens with one attached hydrogen (secondary N) is 1. The minimum atomic E-state index is -3.63. The van der Waals surface area contributed by atoms with Crippen LogP contribution in [0.25, 0.3) is 11.5 Å². The Balaban J connectivity index is 1.66. The Kier molecular flexibility index (Phi) is 4.95. The second-order valence-corrected chi connectivity index (χ2v) is 7.52. The molecular weight excluding hydrogens is 340 g/mol. The molecule has 9 heteroatoms. The van der Waals surface area contributed by atoms with Crippen LogP contribution in [0.3, 0.4) is 0 Å². The quantitative estimate of drug-likeness (QED) is 0.692. The van der Waals surface area contributed by atoms with Crippen molar-refractivity contribution in [3.8, 4) is 11.5 Å². The van der Waals surface area contributed by atoms with Gasteiger partial charge in [-0.3, -0.25) is 4.98 Å². The highest BCUT2D eigenvalue weighted by molar-refractivity contribution is 7.89. The predicted octanol–water partition coefficient (Wildman–Crippen LogP) is 1.70. The second kappa shape index (κ2) is 7.16. The largest absolute Gasteiger partial charge is 0.334 e. The number of hydrogen-bond acceptors (Lipinski definition) is 5. The first-order valence-electron chi connectivity index (χ1n) is 7.93. The molecule has 0 aromatic carbocycles. The van der Waals surface area contributed by atoms with E-state index in [1.807, 2.05) is 36.6 Å². The average molecular weight is 360 g/mol. The number of aromatic nitrogens is 5. The molecule has 3 aromatic heterocycles. The van der Waals surface area contributed by atoms with Gasteiger partial charge in [-0.15, -0.1) is 0 Å². The van der Waals surface area contributed by atoms with Gasteiger partial charge in [-0.25, -0.2) is 23.1 Å². The van der Waals surface area contributed by atoms with Gasteiger partial charge in [0, 0.05) is 43.9 Å². The predicted molar refractivity (Wildman–Crippen MR) is 93.3 cm³/mol. The summed E-state index contributed by atoms with van der Waals surface area (Å²) in [7, 11) is -3.63. The third-order valence-electron chi connectivity index (χ3n) is 3.70. The standard InChI is InChI=1S/C16H20N6O2S/c1-13(2)22-11-15(19-12-22)25(23,24)20-8-10-21-9-7-18-16(21)14-5-3-4-6-17-14/h3-7,9,11-13,20H,8,10H2,1-2H3. The first-order chi connectivity index (χ1) is 12.0. The molecule has 3 aromatic rings. The summed E-state index contributed by atoms with van der Waals surface area (Å²) < 4.78 is 30.8. The molecule has 8 nitrogen and oxygen atoms in total. The van der Waals surface area contributed by atoms with E-state index in [1.165, 1.54) is 12.5 Å². The summed E-state index contributed by atoms with van der Waals surface area (Å²) in [6.45, 7) is 4.59. The summed E-state index contributed by atoms with van der Waals surface area (Å²) in [5, 5.41) is 0.0248. The van der Waals surface area contributed by atoms with Gasteiger partial charge >= 0.3 is 0 Å². The maximum atomic E-state index is 12.3. The third-order valence-corrected chi connectivity index (χ3v) is 5.05. The molecule has 1 N–H and O–H groups in total. The van der Waals surface area contributed by atoms with Crippen molar-refractivity contribution in [3.05, 3.63) is 49.3 Å². The fourth-order valence-electron chi connectivity index (χ4n) is 2.33. The van der Waals surface area contributed by atoms with Crippen molar-refractivity contribution in [2.75, 3.05) is 6.54 Å². The van der Waals surface area contributed by atoms with Crippen molar-refractivity contribution in [2.45, 2.75) is 31.5 Å². The molecule has 0 aliphatic rings. The fourth-order valence-corrected chi connectivity index (χ4v) is 3.29. The van der Waals surface area contributed by atoms with Crippen molar-refractivity contribution in [3.63, 3.8) is 0 Å². The van der Waals surface area contributed by atoms with Gasteiger partial charge in [-0.2, -0.15) is 0 Å². The second-order valence-electron chi connectivity index (χ2n) is 5.81. The van der Waals surface area contributed by atoms with Crippen molar-refractivity contribution < 1.29 is 8.42 Å². The van der Waals surface area contributed by atoms with Gasteiger partial charge in [-0.1, -0.05) is 6.07 Å². The number of nitrogens with zero attached hydrogens (tertiary/aromatic N) is 5. The number of hydrogen-bond donors (Lipinski definition) is 1. The maximum Gasteiger partial charge on any atom is 0.259 e. The molecule has 0 saturated heterocycles. The summed E-state index contributed by atoms with van der Waals surface area (Å²) in [6.07, 6.45) is 8.22. The van der Waals surface area contributed by atoms with E-state index in [0.29, 0.717) is 12.4 Å². The summed E-state index contributed by atoms with van der Waals surface area (Å²) in [6, 6.07) is 5.74. The summed E-state index contributed by atoms with van der Waals surface area (Å²) in [4.78, 5) is 12.5. The number of pyridine rings is 1. The summed E-state index contributed by atoms with van der Waals surface area (Å²) >= 11 is 0. The zero-order chi connectivity index (χ0) is 17.9. The van der Waals surface area contributed by atoms with Crippen LogP contribution in [-0.2, 0) is 16.6 Å². The molecule has 25 heavy (non-hydrogen) atoms. The molecule has 0 amide bonds. The Hall–Kier alpha value is -2.52. The zero-order valence-corrected chi connectivity index (χ0v) is 14.9. The lowest BCUT2D eigenvalue weighted by Crippen LogP contribution is -2.27. The Bertz CT molecular complexity index is 930. The Labute approximate surface area is 146 Å². The number of imidazole rings is 2. The minimum Gasteiger partial charge on any atom is -0.334 e. The molecule has 0 aliphatic heterocycles. The van der Waals surface area contributed by atoms with Crippen molar-refractivity contribution in [1.82, 2.24) is 28.8 Å². The topological polar surface area (TPSA) is 94.7 Å². The van der Waals surface area contributed by atoms with E-state index in [-0.39, 0.29) is 17.6 Å². The van der Waals surface area contributed by atoms with Gasteiger partial charge in [0.05, 0.1) is 6.33 Å². The van der Waals surface area contributed by atoms with Gasteiger partial charge in [0.1, 0.15) is 5.69 Å². The van der Waals surface area contributed by atoms with Gasteiger partial charge in [0.25, 0.3) is 10.0 Å². The van der Waals surface area contributed by atoms with Crippen LogP contribution < -0.4 is 4.72 Å². The van der Waals surface area contributed by atoms with E-state index in [9.17, 15) is 8.42 Å². The molecule has 132 valence electrons. The van der Waals surface area contributed by atoms with Crippen LogP contribution in [0, 0.1) is 0 Å². The number of sulfonamides is 1. The van der Waals surface area contributed by atoms with Crippen molar-refractivity contribution >= 4 is 10.0 Å². The monoisotopic (exact) mass is 360 g/mol. The van der Waals surface area contributed by atoms with Gasteiger partial charge in [-0.05, 0) is 26.0 Å². The van der Waals surface area contributed by atoms with Crippen LogP contribution in [0.2, 0.25) is 0 Å². The molecule has 0 spiro atoms. The summed E-state index contributed by atoms with van der Waals surface area (Å²) in [5.74, 6) is 0.698. The molecule has 3 rings (SSSR count). The Morgan fingerprint density at radius 2 is 2.00 bits per heavy atom. The van der Waals surface area contributed by atoms with Crippen LogP contribution in [0.15, 0.2) is 54.3 Å². The normalized spacial score (nSPS) is 12.0. The van der Waals surface area contributed by atoms with E-state index in [4.69, 9.17) is 0 Å². The van der Waals surface area contributed by atoms with Crippen molar-refractivity contribution in [1.29, 1.82) is 0 Å². The molecule has 0 bridgehead atoms. The highest BCUT2D eigenvalue weighted by atomic mass is 32.2. The molecule has 0 unspecified atom stereocenters. The van der Waals surface area contributed by atoms with Gasteiger partial charge in [0.2, 0.25) is 0 Å². The Morgan fingerprint density at radius 1 is 1.16 bits per heavy atom. The first-order valence-corrected chi connectivity index (χ1v) is 9.41. The van der Waals surface area contributed by atoms with Crippen LogP contribution in [0.4, 0.5) is 0 Å². The van der Waals surface area contributed by atoms with Crippen LogP contribution in [0.1, 0.15) is 19.9 Å². The average Bonchev–Trinajstić information content (AvgIpc) is 3.25. The van der Waals surface area contributed by atoms with Gasteiger partial charge in [0.15, 0.2) is 10.9 Å². The van der Waals surface area contributed by atoms with E-state index in [2.05, 4.69) is 19.7 Å².